The summed E-state index contributed by atoms with van der Waals surface area (Å²) in [6.45, 7) is 4.85. The van der Waals surface area contributed by atoms with Gasteiger partial charge in [0.2, 0.25) is 0 Å². The van der Waals surface area contributed by atoms with Crippen molar-refractivity contribution in [2.75, 3.05) is 0 Å². The first-order chi connectivity index (χ1) is 12.5. The lowest BCUT2D eigenvalue weighted by Crippen LogP contribution is -2.36. The van der Waals surface area contributed by atoms with Crippen molar-refractivity contribution < 1.29 is 4.79 Å². The second-order valence-corrected chi connectivity index (χ2v) is 7.97. The zero-order chi connectivity index (χ0) is 18.3. The first-order valence-corrected chi connectivity index (χ1v) is 9.77. The molecule has 4 rings (SSSR count). The lowest BCUT2D eigenvalue weighted by molar-refractivity contribution is 0.0727. The van der Waals surface area contributed by atoms with Crippen LogP contribution in [-0.2, 0) is 6.54 Å². The van der Waals surface area contributed by atoms with Crippen molar-refractivity contribution in [3.63, 3.8) is 0 Å². The first-order valence-electron chi connectivity index (χ1n) is 8.89. The van der Waals surface area contributed by atoms with Crippen LogP contribution in [0.4, 0.5) is 0 Å². The van der Waals surface area contributed by atoms with Gasteiger partial charge in [0.05, 0.1) is 0 Å². The highest BCUT2D eigenvalue weighted by molar-refractivity contribution is 7.15. The Kier molecular flexibility index (Phi) is 4.36. The van der Waals surface area contributed by atoms with Gasteiger partial charge in [-0.1, -0.05) is 38.1 Å². The molecule has 26 heavy (non-hydrogen) atoms. The van der Waals surface area contributed by atoms with E-state index >= 15 is 0 Å². The number of thiazole rings is 1. The summed E-state index contributed by atoms with van der Waals surface area (Å²) in [5.74, 6) is 0.257. The number of hydrogen-bond donors (Lipinski definition) is 0. The third-order valence-electron chi connectivity index (χ3n) is 4.82. The van der Waals surface area contributed by atoms with Gasteiger partial charge in [-0.25, -0.2) is 4.98 Å². The van der Waals surface area contributed by atoms with Crippen LogP contribution in [0.15, 0.2) is 46.8 Å². The fraction of sp³-hybridized carbons (Fsp3) is 0.350. The molecule has 1 saturated carbocycles. The Labute approximate surface area is 155 Å². The molecule has 6 heteroatoms. The van der Waals surface area contributed by atoms with Gasteiger partial charge in [0.15, 0.2) is 4.96 Å². The van der Waals surface area contributed by atoms with E-state index in [0.717, 1.165) is 18.4 Å². The molecule has 1 amide bonds. The minimum atomic E-state index is -0.290. The highest BCUT2D eigenvalue weighted by Crippen LogP contribution is 2.29. The Hall–Kier alpha value is -2.47. The molecule has 0 atom stereocenters. The van der Waals surface area contributed by atoms with E-state index in [1.54, 1.807) is 11.6 Å². The predicted molar refractivity (Wildman–Crippen MR) is 103 cm³/mol. The number of benzene rings is 1. The van der Waals surface area contributed by atoms with Crippen LogP contribution in [0.2, 0.25) is 0 Å². The average molecular weight is 367 g/mol. The van der Waals surface area contributed by atoms with Gasteiger partial charge in [0.1, 0.15) is 5.56 Å². The lowest BCUT2D eigenvalue weighted by Gasteiger charge is -2.22. The Balaban J connectivity index is 1.62. The third-order valence-corrected chi connectivity index (χ3v) is 5.59. The van der Waals surface area contributed by atoms with Crippen molar-refractivity contribution in [1.29, 1.82) is 0 Å². The van der Waals surface area contributed by atoms with Crippen LogP contribution < -0.4 is 5.56 Å². The molecule has 2 aromatic heterocycles. The topological polar surface area (TPSA) is 54.7 Å². The van der Waals surface area contributed by atoms with Crippen LogP contribution in [0.3, 0.4) is 0 Å². The molecule has 5 nitrogen and oxygen atoms in total. The molecule has 1 aliphatic rings. The van der Waals surface area contributed by atoms with E-state index < -0.39 is 0 Å². The summed E-state index contributed by atoms with van der Waals surface area (Å²) in [6, 6.07) is 8.60. The van der Waals surface area contributed by atoms with Crippen molar-refractivity contribution in [1.82, 2.24) is 14.3 Å². The van der Waals surface area contributed by atoms with Crippen LogP contribution in [0.5, 0.6) is 0 Å². The average Bonchev–Trinajstić information content (AvgIpc) is 3.36. The second kappa shape index (κ2) is 6.68. The maximum absolute atomic E-state index is 13.1. The SMILES string of the molecule is CC(C)c1ccc(CN(C(=O)c2cnc3sccn3c2=O)C2CC2)cc1. The van der Waals surface area contributed by atoms with Gasteiger partial charge < -0.3 is 4.90 Å². The number of carbonyl (C=O) groups is 1. The monoisotopic (exact) mass is 367 g/mol. The molecule has 1 fully saturated rings. The molecule has 0 radical (unpaired) electrons. The zero-order valence-electron chi connectivity index (χ0n) is 14.9. The minimum Gasteiger partial charge on any atom is -0.331 e. The zero-order valence-corrected chi connectivity index (χ0v) is 15.7. The summed E-state index contributed by atoms with van der Waals surface area (Å²) in [6.07, 6.45) is 5.07. The Morgan fingerprint density at radius 2 is 2.04 bits per heavy atom. The molecule has 134 valence electrons. The quantitative estimate of drug-likeness (QED) is 0.691. The molecule has 0 N–H and O–H groups in total. The van der Waals surface area contributed by atoms with Crippen LogP contribution >= 0.6 is 11.3 Å². The minimum absolute atomic E-state index is 0.145. The smallest absolute Gasteiger partial charge is 0.271 e. The van der Waals surface area contributed by atoms with Crippen molar-refractivity contribution in [2.45, 2.75) is 45.2 Å². The van der Waals surface area contributed by atoms with Crippen molar-refractivity contribution in [3.8, 4) is 0 Å². The standard InChI is InChI=1S/C20H21N3O2S/c1-13(2)15-5-3-14(4-6-15)12-23(16-7-8-16)19(25)17-11-21-20-22(18(17)24)9-10-26-20/h3-6,9-11,13,16H,7-8,12H2,1-2H3. The molecule has 2 heterocycles. The van der Waals surface area contributed by atoms with E-state index in [9.17, 15) is 9.59 Å². The van der Waals surface area contributed by atoms with Gasteiger partial charge in [-0.15, -0.1) is 11.3 Å². The highest BCUT2D eigenvalue weighted by atomic mass is 32.1. The number of fused-ring (bicyclic) bond motifs is 1. The van der Waals surface area contributed by atoms with E-state index in [1.165, 1.54) is 27.5 Å². The molecule has 0 bridgehead atoms. The molecule has 0 unspecified atom stereocenters. The molecule has 0 spiro atoms. The van der Waals surface area contributed by atoms with E-state index in [4.69, 9.17) is 0 Å². The van der Waals surface area contributed by atoms with Gasteiger partial charge >= 0.3 is 0 Å². The first kappa shape index (κ1) is 17.0. The number of amides is 1. The largest absolute Gasteiger partial charge is 0.331 e. The number of rotatable bonds is 5. The third kappa shape index (κ3) is 3.17. The summed E-state index contributed by atoms with van der Waals surface area (Å²) in [7, 11) is 0. The van der Waals surface area contributed by atoms with Gasteiger partial charge in [-0.3, -0.25) is 14.0 Å². The van der Waals surface area contributed by atoms with Gasteiger partial charge in [0.25, 0.3) is 11.5 Å². The van der Waals surface area contributed by atoms with Gasteiger partial charge in [-0.2, -0.15) is 0 Å². The van der Waals surface area contributed by atoms with Gasteiger partial charge in [0, 0.05) is 30.4 Å². The molecular weight excluding hydrogens is 346 g/mol. The van der Waals surface area contributed by atoms with Crippen LogP contribution in [-0.4, -0.2) is 26.2 Å². The van der Waals surface area contributed by atoms with Crippen LogP contribution in [0, 0.1) is 0 Å². The molecule has 3 aromatic rings. The van der Waals surface area contributed by atoms with E-state index in [0.29, 0.717) is 17.4 Å². The number of hydrogen-bond acceptors (Lipinski definition) is 4. The normalized spacial score (nSPS) is 14.1. The molecule has 1 aliphatic carbocycles. The number of nitrogens with zero attached hydrogens (tertiary/aromatic N) is 3. The van der Waals surface area contributed by atoms with E-state index in [1.807, 2.05) is 4.90 Å². The Morgan fingerprint density at radius 1 is 1.31 bits per heavy atom. The summed E-state index contributed by atoms with van der Waals surface area (Å²) >= 11 is 1.38. The Morgan fingerprint density at radius 3 is 2.69 bits per heavy atom. The summed E-state index contributed by atoms with van der Waals surface area (Å²) in [5.41, 5.74) is 2.22. The molecule has 0 aliphatic heterocycles. The van der Waals surface area contributed by atoms with Crippen LogP contribution in [0.25, 0.3) is 4.96 Å². The van der Waals surface area contributed by atoms with Gasteiger partial charge in [-0.05, 0) is 29.9 Å². The van der Waals surface area contributed by atoms with Crippen molar-refractivity contribution in [3.05, 3.63) is 69.1 Å². The summed E-state index contributed by atoms with van der Waals surface area (Å²) in [4.78, 5) is 32.4. The number of carbonyl (C=O) groups excluding carboxylic acids is 1. The lowest BCUT2D eigenvalue weighted by atomic mass is 10.0. The summed E-state index contributed by atoms with van der Waals surface area (Å²) in [5, 5.41) is 1.80. The maximum atomic E-state index is 13.1. The molecule has 0 saturated heterocycles. The van der Waals surface area contributed by atoms with Crippen molar-refractivity contribution >= 4 is 22.2 Å². The maximum Gasteiger partial charge on any atom is 0.271 e. The van der Waals surface area contributed by atoms with E-state index in [2.05, 4.69) is 43.1 Å². The van der Waals surface area contributed by atoms with Crippen LogP contribution in [0.1, 0.15) is 54.1 Å². The fourth-order valence-corrected chi connectivity index (χ4v) is 3.76. The van der Waals surface area contributed by atoms with Crippen molar-refractivity contribution in [2.24, 2.45) is 0 Å². The predicted octanol–water partition coefficient (Wildman–Crippen LogP) is 3.68. The Bertz CT molecular complexity index is 1000. The second-order valence-electron chi connectivity index (χ2n) is 7.09. The number of aromatic nitrogens is 2. The summed E-state index contributed by atoms with van der Waals surface area (Å²) < 4.78 is 1.44. The van der Waals surface area contributed by atoms with E-state index in [-0.39, 0.29) is 23.1 Å². The molecule has 1 aromatic carbocycles. The highest BCUT2D eigenvalue weighted by Gasteiger charge is 2.34. The molecular formula is C20H21N3O2S. The fourth-order valence-electron chi connectivity index (χ4n) is 3.08.